The fourth-order valence-electron chi connectivity index (χ4n) is 1.48. The third-order valence-electron chi connectivity index (χ3n) is 2.43. The number of aromatic hydroxyl groups is 2. The quantitative estimate of drug-likeness (QED) is 0.815. The van der Waals surface area contributed by atoms with Gasteiger partial charge in [0.2, 0.25) is 0 Å². The van der Waals surface area contributed by atoms with E-state index in [1.807, 2.05) is 12.1 Å². The summed E-state index contributed by atoms with van der Waals surface area (Å²) >= 11 is 11.3. The topological polar surface area (TPSA) is 40.5 Å². The van der Waals surface area contributed by atoms with Crippen LogP contribution in [-0.4, -0.2) is 10.2 Å². The van der Waals surface area contributed by atoms with Crippen molar-refractivity contribution in [2.24, 2.45) is 0 Å². The van der Waals surface area contributed by atoms with Crippen LogP contribution in [0.2, 0.25) is 10.0 Å². The summed E-state index contributed by atoms with van der Waals surface area (Å²) in [5, 5.41) is 18.9. The molecule has 0 fully saturated rings. The lowest BCUT2D eigenvalue weighted by Gasteiger charge is -2.02. The molecule has 0 unspecified atom stereocenters. The molecule has 0 radical (unpaired) electrons. The third kappa shape index (κ3) is 5.01. The van der Waals surface area contributed by atoms with Crippen molar-refractivity contribution >= 4 is 23.2 Å². The van der Waals surface area contributed by atoms with Crippen molar-refractivity contribution in [3.05, 3.63) is 58.1 Å². The summed E-state index contributed by atoms with van der Waals surface area (Å²) in [5.74, 6) is 0.312. The normalized spacial score (nSPS) is 9.63. The molecular weight excluding hydrogens is 283 g/mol. The van der Waals surface area contributed by atoms with Gasteiger partial charge in [-0.05, 0) is 30.2 Å². The van der Waals surface area contributed by atoms with Gasteiger partial charge in [0.05, 0.1) is 10.0 Å². The Kier molecular flexibility index (Phi) is 6.54. The Morgan fingerprint density at radius 2 is 1.53 bits per heavy atom. The minimum Gasteiger partial charge on any atom is -0.506 e. The number of benzene rings is 2. The highest BCUT2D eigenvalue weighted by molar-refractivity contribution is 6.32. The number of halogens is 2. The molecule has 0 aliphatic rings. The number of phenols is 2. The molecule has 2 nitrogen and oxygen atoms in total. The number of hydrogen-bond donors (Lipinski definition) is 2. The first-order chi connectivity index (χ1) is 9.06. The second-order valence-corrected chi connectivity index (χ2v) is 4.74. The molecule has 2 aromatic carbocycles. The van der Waals surface area contributed by atoms with Crippen molar-refractivity contribution in [3.8, 4) is 11.5 Å². The summed E-state index contributed by atoms with van der Waals surface area (Å²) in [6.45, 7) is 2.08. The summed E-state index contributed by atoms with van der Waals surface area (Å²) in [6.07, 6.45) is 1.97. The van der Waals surface area contributed by atoms with Gasteiger partial charge in [-0.1, -0.05) is 60.8 Å². The highest BCUT2D eigenvalue weighted by Crippen LogP contribution is 2.27. The zero-order valence-electron chi connectivity index (χ0n) is 10.6. The number of rotatable bonds is 2. The van der Waals surface area contributed by atoms with E-state index < -0.39 is 0 Å². The minimum absolute atomic E-state index is 0.133. The van der Waals surface area contributed by atoms with Crippen LogP contribution in [0.4, 0.5) is 0 Å². The van der Waals surface area contributed by atoms with Crippen LogP contribution in [0.5, 0.6) is 11.5 Å². The molecule has 2 aromatic rings. The molecule has 0 aromatic heterocycles. The number of hydrogen-bond acceptors (Lipinski definition) is 2. The summed E-state index contributed by atoms with van der Waals surface area (Å²) < 4.78 is 0. The van der Waals surface area contributed by atoms with E-state index in [4.69, 9.17) is 28.3 Å². The molecule has 102 valence electrons. The Balaban J connectivity index is 0.000000200. The molecule has 0 bridgehead atoms. The van der Waals surface area contributed by atoms with E-state index in [2.05, 4.69) is 6.92 Å². The molecule has 19 heavy (non-hydrogen) atoms. The van der Waals surface area contributed by atoms with Crippen molar-refractivity contribution < 1.29 is 10.2 Å². The first kappa shape index (κ1) is 15.7. The standard InChI is InChI=1S/C9H11ClO.C6H5ClO/c1-2-4-7-5-3-6-8(11)9(7)10;7-5-3-1-2-4-6(5)8/h3,5-6,11H,2,4H2,1H3;1-4,8H. The summed E-state index contributed by atoms with van der Waals surface area (Å²) in [4.78, 5) is 0. The van der Waals surface area contributed by atoms with Gasteiger partial charge in [-0.2, -0.15) is 0 Å². The Bertz CT molecular complexity index is 506. The molecule has 0 aliphatic heterocycles. The fourth-order valence-corrected chi connectivity index (χ4v) is 1.84. The Labute approximate surface area is 123 Å². The van der Waals surface area contributed by atoms with Crippen molar-refractivity contribution in [2.75, 3.05) is 0 Å². The van der Waals surface area contributed by atoms with Gasteiger partial charge in [0.1, 0.15) is 11.5 Å². The monoisotopic (exact) mass is 298 g/mol. The lowest BCUT2D eigenvalue weighted by molar-refractivity contribution is 0.474. The maximum atomic E-state index is 9.19. The van der Waals surface area contributed by atoms with E-state index in [9.17, 15) is 5.11 Å². The van der Waals surface area contributed by atoms with Gasteiger partial charge in [0.15, 0.2) is 0 Å². The van der Waals surface area contributed by atoms with Gasteiger partial charge < -0.3 is 10.2 Å². The first-order valence-electron chi connectivity index (χ1n) is 5.96. The van der Waals surface area contributed by atoms with E-state index in [1.54, 1.807) is 30.3 Å². The molecule has 0 saturated carbocycles. The second-order valence-electron chi connectivity index (χ2n) is 3.95. The third-order valence-corrected chi connectivity index (χ3v) is 3.19. The van der Waals surface area contributed by atoms with Crippen molar-refractivity contribution in [1.29, 1.82) is 0 Å². The lowest BCUT2D eigenvalue weighted by Crippen LogP contribution is -1.83. The first-order valence-corrected chi connectivity index (χ1v) is 6.71. The summed E-state index contributed by atoms with van der Waals surface area (Å²) in [5.41, 5.74) is 1.02. The van der Waals surface area contributed by atoms with Crippen LogP contribution in [-0.2, 0) is 6.42 Å². The van der Waals surface area contributed by atoms with Crippen LogP contribution in [0.25, 0.3) is 0 Å². The largest absolute Gasteiger partial charge is 0.506 e. The van der Waals surface area contributed by atoms with E-state index in [0.717, 1.165) is 18.4 Å². The number of aryl methyl sites for hydroxylation is 1. The molecule has 0 heterocycles. The molecule has 0 spiro atoms. The predicted octanol–water partition coefficient (Wildman–Crippen LogP) is 5.04. The Morgan fingerprint density at radius 1 is 0.895 bits per heavy atom. The molecule has 0 amide bonds. The highest BCUT2D eigenvalue weighted by atomic mass is 35.5. The van der Waals surface area contributed by atoms with E-state index in [-0.39, 0.29) is 11.5 Å². The van der Waals surface area contributed by atoms with Gasteiger partial charge in [-0.15, -0.1) is 0 Å². The molecule has 2 rings (SSSR count). The Morgan fingerprint density at radius 3 is 2.05 bits per heavy atom. The van der Waals surface area contributed by atoms with Crippen LogP contribution in [0, 0.1) is 0 Å². The predicted molar refractivity (Wildman–Crippen MR) is 80.2 cm³/mol. The average Bonchev–Trinajstić information content (AvgIpc) is 2.40. The van der Waals surface area contributed by atoms with Crippen molar-refractivity contribution in [2.45, 2.75) is 19.8 Å². The van der Waals surface area contributed by atoms with E-state index in [1.165, 1.54) is 0 Å². The van der Waals surface area contributed by atoms with Crippen molar-refractivity contribution in [3.63, 3.8) is 0 Å². The SMILES string of the molecule is CCCc1cccc(O)c1Cl.Oc1ccccc1Cl. The molecule has 0 saturated heterocycles. The van der Waals surface area contributed by atoms with Gasteiger partial charge in [0, 0.05) is 0 Å². The minimum atomic E-state index is 0.133. The smallest absolute Gasteiger partial charge is 0.134 e. The van der Waals surface area contributed by atoms with Crippen LogP contribution in [0.15, 0.2) is 42.5 Å². The Hall–Kier alpha value is -1.38. The van der Waals surface area contributed by atoms with Gasteiger partial charge in [0.25, 0.3) is 0 Å². The molecule has 2 N–H and O–H groups in total. The lowest BCUT2D eigenvalue weighted by atomic mass is 10.1. The second kappa shape index (κ2) is 7.93. The van der Waals surface area contributed by atoms with Gasteiger partial charge in [-0.3, -0.25) is 0 Å². The van der Waals surface area contributed by atoms with Crippen LogP contribution >= 0.6 is 23.2 Å². The van der Waals surface area contributed by atoms with Crippen LogP contribution in [0.1, 0.15) is 18.9 Å². The maximum Gasteiger partial charge on any atom is 0.134 e. The van der Waals surface area contributed by atoms with Crippen LogP contribution in [0.3, 0.4) is 0 Å². The summed E-state index contributed by atoms with van der Waals surface area (Å²) in [7, 11) is 0. The molecular formula is C15H16Cl2O2. The van der Waals surface area contributed by atoms with Gasteiger partial charge in [-0.25, -0.2) is 0 Å². The number of para-hydroxylation sites is 1. The summed E-state index contributed by atoms with van der Waals surface area (Å²) in [6, 6.07) is 12.0. The molecule has 0 atom stereocenters. The number of phenolic OH excluding ortho intramolecular Hbond substituents is 2. The van der Waals surface area contributed by atoms with Crippen molar-refractivity contribution in [1.82, 2.24) is 0 Å². The van der Waals surface area contributed by atoms with E-state index >= 15 is 0 Å². The average molecular weight is 299 g/mol. The zero-order chi connectivity index (χ0) is 14.3. The molecule has 0 aliphatic carbocycles. The van der Waals surface area contributed by atoms with Gasteiger partial charge >= 0.3 is 0 Å². The molecule has 4 heteroatoms. The maximum absolute atomic E-state index is 9.19. The van der Waals surface area contributed by atoms with E-state index in [0.29, 0.717) is 10.0 Å². The zero-order valence-corrected chi connectivity index (χ0v) is 12.1. The van der Waals surface area contributed by atoms with Crippen LogP contribution < -0.4 is 0 Å². The highest BCUT2D eigenvalue weighted by Gasteiger charge is 2.02. The fraction of sp³-hybridized carbons (Fsp3) is 0.200.